The van der Waals surface area contributed by atoms with Crippen molar-refractivity contribution in [2.45, 2.75) is 95.0 Å². The van der Waals surface area contributed by atoms with Crippen molar-refractivity contribution in [1.29, 1.82) is 5.26 Å². The Morgan fingerprint density at radius 3 is 2.61 bits per heavy atom. The Bertz CT molecular complexity index is 2420. The van der Waals surface area contributed by atoms with Gasteiger partial charge in [0.1, 0.15) is 11.1 Å². The van der Waals surface area contributed by atoms with E-state index < -0.39 is 11.4 Å². The summed E-state index contributed by atoms with van der Waals surface area (Å²) < 4.78 is 20.2. The second-order valence-corrected chi connectivity index (χ2v) is 17.5. The highest BCUT2D eigenvalue weighted by Gasteiger charge is 2.55. The van der Waals surface area contributed by atoms with E-state index in [2.05, 4.69) is 31.9 Å². The SMILES string of the molecule is CC(C)(O)c1ccc(-c2nc3c(F)c(-c4cccc(Cl)c4Cl)c(CCC#N)cc3c3c2cc([C@H]2[C@@H]4CC[C@@H](C4)N2C(=O)C2CC2)n3[C@H]2[C@H]3CN[C@@H]2C3)cn1. The van der Waals surface area contributed by atoms with Gasteiger partial charge >= 0.3 is 0 Å². The number of carbonyl (C=O) groups excluding carboxylic acids is 1. The van der Waals surface area contributed by atoms with Gasteiger partial charge in [0.15, 0.2) is 5.82 Å². The lowest BCUT2D eigenvalue weighted by Crippen LogP contribution is -2.44. The third-order valence-electron chi connectivity index (χ3n) is 13.0. The second-order valence-electron chi connectivity index (χ2n) is 16.7. The third-order valence-corrected chi connectivity index (χ3v) is 13.8. The fourth-order valence-electron chi connectivity index (χ4n) is 10.3. The van der Waals surface area contributed by atoms with Crippen LogP contribution in [0, 0.1) is 34.9 Å². The molecule has 11 heteroatoms. The van der Waals surface area contributed by atoms with E-state index in [-0.39, 0.29) is 58.5 Å². The van der Waals surface area contributed by atoms with E-state index in [0.29, 0.717) is 56.7 Å². The Kier molecular flexibility index (Phi) is 7.95. The number of carbonyl (C=O) groups is 1. The van der Waals surface area contributed by atoms with Gasteiger partial charge in [-0.1, -0.05) is 35.3 Å². The number of amides is 1. The Balaban J connectivity index is 1.31. The number of fused-ring (bicyclic) bond motifs is 6. The standard InChI is InChI=1S/C43H41Cl2FN6O2/c1-43(2,54)33-13-11-24(19-49-33)37-29-18-32(40-23-10-12-26(15-23)51(40)42(53)21-8-9-21)52(39-25-17-31(39)48-20-25)41(29)28-16-22(5-4-14-47)34(36(46)38(28)50-37)27-6-3-7-30(44)35(27)45/h3,6-7,11,13,16,18-19,21,23,25-26,31,39-40,48,54H,4-5,8-10,12,15,17,20H2,1-2H3/t23-,25-,26+,31-,39+,40-/m1/s1. The first kappa shape index (κ1) is 34.4. The Labute approximate surface area is 323 Å². The van der Waals surface area contributed by atoms with Crippen molar-refractivity contribution in [3.05, 3.63) is 81.5 Å². The van der Waals surface area contributed by atoms with Crippen molar-refractivity contribution in [1.82, 2.24) is 24.8 Å². The maximum atomic E-state index is 17.7. The number of pyridine rings is 2. The molecule has 3 saturated heterocycles. The molecule has 8 nitrogen and oxygen atoms in total. The first-order valence-corrected chi connectivity index (χ1v) is 20.0. The summed E-state index contributed by atoms with van der Waals surface area (Å²) in [4.78, 5) is 26.2. The lowest BCUT2D eigenvalue weighted by Gasteiger charge is -2.42. The summed E-state index contributed by atoms with van der Waals surface area (Å²) in [6.45, 7) is 4.30. The number of hydrogen-bond acceptors (Lipinski definition) is 6. The number of aliphatic hydroxyl groups is 1. The molecule has 3 aliphatic carbocycles. The first-order chi connectivity index (χ1) is 26.0. The summed E-state index contributed by atoms with van der Waals surface area (Å²) in [6.07, 6.45) is 8.31. The van der Waals surface area contributed by atoms with Crippen LogP contribution in [0.1, 0.15) is 87.8 Å². The molecule has 11 rings (SSSR count). The quantitative estimate of drug-likeness (QED) is 0.163. The van der Waals surface area contributed by atoms with Crippen molar-refractivity contribution in [2.75, 3.05) is 6.54 Å². The van der Waals surface area contributed by atoms with Crippen LogP contribution in [-0.4, -0.2) is 49.1 Å². The smallest absolute Gasteiger partial charge is 0.226 e. The number of rotatable bonds is 8. The van der Waals surface area contributed by atoms with E-state index in [1.807, 2.05) is 12.1 Å². The molecule has 4 bridgehead atoms. The summed E-state index contributed by atoms with van der Waals surface area (Å²) in [5.74, 6) is 0.617. The average molecular weight is 764 g/mol. The van der Waals surface area contributed by atoms with Crippen LogP contribution >= 0.6 is 23.2 Å². The number of aromatic nitrogens is 3. The monoisotopic (exact) mass is 762 g/mol. The second kappa shape index (κ2) is 12.5. The number of piperidine rings is 1. The summed E-state index contributed by atoms with van der Waals surface area (Å²) in [7, 11) is 0. The number of benzene rings is 2. The number of nitrogens with one attached hydrogen (secondary N) is 1. The van der Waals surface area contributed by atoms with Crippen LogP contribution in [0.25, 0.3) is 44.2 Å². The minimum absolute atomic E-state index is 0.0738. The molecule has 5 aromatic rings. The predicted octanol–water partition coefficient (Wildman–Crippen LogP) is 9.04. The van der Waals surface area contributed by atoms with Crippen LogP contribution in [0.2, 0.25) is 10.0 Å². The van der Waals surface area contributed by atoms with E-state index in [1.54, 1.807) is 44.3 Å². The fraction of sp³-hybridized carbons (Fsp3) is 0.442. The normalized spacial score (nSPS) is 25.8. The lowest BCUT2D eigenvalue weighted by molar-refractivity contribution is -0.137. The van der Waals surface area contributed by atoms with Gasteiger partial charge < -0.3 is 19.9 Å². The Morgan fingerprint density at radius 1 is 1.09 bits per heavy atom. The van der Waals surface area contributed by atoms with Gasteiger partial charge in [0.2, 0.25) is 5.91 Å². The van der Waals surface area contributed by atoms with Gasteiger partial charge in [-0.2, -0.15) is 5.26 Å². The number of likely N-dealkylation sites (tertiary alicyclic amines) is 1. The van der Waals surface area contributed by atoms with Gasteiger partial charge in [0.05, 0.1) is 45.1 Å². The molecule has 3 saturated carbocycles. The molecular weight excluding hydrogens is 722 g/mol. The van der Waals surface area contributed by atoms with Crippen LogP contribution in [0.3, 0.4) is 0 Å². The van der Waals surface area contributed by atoms with Crippen LogP contribution in [0.5, 0.6) is 0 Å². The van der Waals surface area contributed by atoms with E-state index in [4.69, 9.17) is 28.2 Å². The summed E-state index contributed by atoms with van der Waals surface area (Å²) in [6, 6.07) is 15.9. The van der Waals surface area contributed by atoms with E-state index in [0.717, 1.165) is 61.7 Å². The molecule has 1 amide bonds. The molecule has 0 radical (unpaired) electrons. The van der Waals surface area contributed by atoms with Crippen molar-refractivity contribution < 1.29 is 14.3 Å². The van der Waals surface area contributed by atoms with Crippen LogP contribution in [0.4, 0.5) is 4.39 Å². The highest BCUT2D eigenvalue weighted by Crippen LogP contribution is 2.56. The lowest BCUT2D eigenvalue weighted by atomic mass is 9.79. The summed E-state index contributed by atoms with van der Waals surface area (Å²) in [5.41, 5.74) is 4.24. The van der Waals surface area contributed by atoms with Crippen molar-refractivity contribution in [3.63, 3.8) is 0 Å². The molecule has 2 aromatic carbocycles. The first-order valence-electron chi connectivity index (χ1n) is 19.3. The zero-order valence-corrected chi connectivity index (χ0v) is 31.8. The van der Waals surface area contributed by atoms with Crippen molar-refractivity contribution >= 4 is 50.9 Å². The van der Waals surface area contributed by atoms with Gasteiger partial charge in [-0.3, -0.25) is 9.78 Å². The van der Waals surface area contributed by atoms with Crippen molar-refractivity contribution in [2.24, 2.45) is 17.8 Å². The molecule has 276 valence electrons. The van der Waals surface area contributed by atoms with Crippen molar-refractivity contribution in [3.8, 4) is 28.5 Å². The van der Waals surface area contributed by atoms with E-state index >= 15 is 4.39 Å². The molecule has 6 aliphatic rings. The minimum Gasteiger partial charge on any atom is -0.384 e. The molecule has 3 aromatic heterocycles. The largest absolute Gasteiger partial charge is 0.384 e. The maximum Gasteiger partial charge on any atom is 0.226 e. The molecule has 6 atom stereocenters. The summed E-state index contributed by atoms with van der Waals surface area (Å²) in [5, 5.41) is 26.3. The molecule has 0 unspecified atom stereocenters. The molecule has 0 spiro atoms. The number of nitrogens with zero attached hydrogens (tertiary/aromatic N) is 5. The van der Waals surface area contributed by atoms with Crippen LogP contribution < -0.4 is 5.32 Å². The van der Waals surface area contributed by atoms with E-state index in [9.17, 15) is 15.2 Å². The molecule has 6 fully saturated rings. The topological polar surface area (TPSA) is 107 Å². The summed E-state index contributed by atoms with van der Waals surface area (Å²) >= 11 is 13.3. The Morgan fingerprint density at radius 2 is 1.93 bits per heavy atom. The minimum atomic E-state index is -1.14. The number of nitriles is 1. The zero-order chi connectivity index (χ0) is 37.2. The van der Waals surface area contributed by atoms with Crippen LogP contribution in [0.15, 0.2) is 48.7 Å². The Hall–Kier alpha value is -4.07. The molecule has 54 heavy (non-hydrogen) atoms. The van der Waals surface area contributed by atoms with Gasteiger partial charge in [0, 0.05) is 70.3 Å². The number of hydrogen-bond donors (Lipinski definition) is 2. The van der Waals surface area contributed by atoms with Gasteiger partial charge in [-0.05, 0) is 107 Å². The predicted molar refractivity (Wildman–Crippen MR) is 207 cm³/mol. The molecule has 6 heterocycles. The molecule has 2 N–H and O–H groups in total. The molecular formula is C43H41Cl2FN6O2. The highest BCUT2D eigenvalue weighted by atomic mass is 35.5. The number of aryl methyl sites for hydroxylation is 1. The molecule has 3 aliphatic heterocycles. The van der Waals surface area contributed by atoms with Crippen LogP contribution in [-0.2, 0) is 16.8 Å². The number of halogens is 3. The van der Waals surface area contributed by atoms with Gasteiger partial charge in [-0.15, -0.1) is 0 Å². The average Bonchev–Trinajstić information content (AvgIpc) is 3.58. The van der Waals surface area contributed by atoms with Gasteiger partial charge in [0.25, 0.3) is 0 Å². The van der Waals surface area contributed by atoms with Gasteiger partial charge in [-0.25, -0.2) is 9.37 Å². The third kappa shape index (κ3) is 5.17. The van der Waals surface area contributed by atoms with E-state index in [1.165, 1.54) is 0 Å². The zero-order valence-electron chi connectivity index (χ0n) is 30.2. The highest BCUT2D eigenvalue weighted by molar-refractivity contribution is 6.43. The fourth-order valence-corrected chi connectivity index (χ4v) is 10.7. The maximum absolute atomic E-state index is 17.7.